The Hall–Kier alpha value is 0.170. The van der Waals surface area contributed by atoms with Crippen molar-refractivity contribution in [3.63, 3.8) is 0 Å². The molecule has 0 bridgehead atoms. The maximum Gasteiger partial charge on any atom is 0.342 e. The van der Waals surface area contributed by atoms with E-state index in [1.54, 1.807) is 21.1 Å². The zero-order valence-electron chi connectivity index (χ0n) is 6.84. The van der Waals surface area contributed by atoms with E-state index >= 15 is 0 Å². The summed E-state index contributed by atoms with van der Waals surface area (Å²) in [5.74, 6) is -0.302. The number of quaternary nitrogens is 1. The second kappa shape index (κ2) is 4.93. The lowest BCUT2D eigenvalue weighted by Crippen LogP contribution is -3.00. The fourth-order valence-electron chi connectivity index (χ4n) is 0.513. The lowest BCUT2D eigenvalue weighted by Gasteiger charge is -2.22. The Bertz CT molecular complexity index is 133. The van der Waals surface area contributed by atoms with E-state index in [2.05, 4.69) is 0 Å². The maximum atomic E-state index is 11.0. The summed E-state index contributed by atoms with van der Waals surface area (Å²) in [6.45, 7) is 0. The van der Waals surface area contributed by atoms with Gasteiger partial charge in [-0.15, -0.1) is 11.6 Å². The van der Waals surface area contributed by atoms with Crippen LogP contribution < -0.4 is 12.4 Å². The van der Waals surface area contributed by atoms with Gasteiger partial charge in [0.25, 0.3) is 0 Å². The summed E-state index contributed by atoms with van der Waals surface area (Å²) in [5.41, 5.74) is 0. The van der Waals surface area contributed by atoms with Crippen molar-refractivity contribution in [2.45, 2.75) is 6.10 Å². The fraction of sp³-hybridized carbons (Fsp3) is 0.833. The molecule has 0 aliphatic rings. The minimum Gasteiger partial charge on any atom is -1.00 e. The third-order valence-electron chi connectivity index (χ3n) is 1.09. The van der Waals surface area contributed by atoms with E-state index in [1.165, 1.54) is 0 Å². The lowest BCUT2D eigenvalue weighted by molar-refractivity contribution is -0.793. The van der Waals surface area contributed by atoms with Crippen molar-refractivity contribution in [2.75, 3.05) is 27.0 Å². The molecule has 1 amide bonds. The van der Waals surface area contributed by atoms with Gasteiger partial charge in [0.05, 0.1) is 27.0 Å². The highest BCUT2D eigenvalue weighted by Gasteiger charge is 2.27. The third kappa shape index (κ3) is 4.58. The maximum absolute atomic E-state index is 11.0. The van der Waals surface area contributed by atoms with E-state index in [4.69, 9.17) is 16.7 Å². The molecular weight excluding hydrogens is 189 g/mol. The fourth-order valence-corrected chi connectivity index (χ4v) is 0.645. The van der Waals surface area contributed by atoms with Gasteiger partial charge in [-0.05, 0) is 0 Å². The predicted molar refractivity (Wildman–Crippen MR) is 39.8 cm³/mol. The minimum absolute atomic E-state index is 0. The molecule has 3 nitrogen and oxygen atoms in total. The molecule has 0 aromatic heterocycles. The summed E-state index contributed by atoms with van der Waals surface area (Å²) in [5, 5.41) is 8.96. The molecule has 1 atom stereocenters. The Morgan fingerprint density at radius 1 is 1.55 bits per heavy atom. The van der Waals surface area contributed by atoms with Gasteiger partial charge in [0.1, 0.15) is 0 Å². The minimum atomic E-state index is -1.04. The molecular formula is C6H13Cl2NO2. The Morgan fingerprint density at radius 3 is 2.00 bits per heavy atom. The molecule has 0 saturated heterocycles. The number of hydrogen-bond donors (Lipinski definition) is 1. The number of aliphatic hydroxyl groups excluding tert-OH is 1. The van der Waals surface area contributed by atoms with Crippen molar-refractivity contribution < 1.29 is 26.8 Å². The molecule has 0 heterocycles. The van der Waals surface area contributed by atoms with Gasteiger partial charge in [0, 0.05) is 0 Å². The molecule has 0 aromatic carbocycles. The molecule has 0 fully saturated rings. The molecule has 0 radical (unpaired) electrons. The van der Waals surface area contributed by atoms with Gasteiger partial charge >= 0.3 is 5.91 Å². The normalized spacial score (nSPS) is 13.5. The van der Waals surface area contributed by atoms with Crippen molar-refractivity contribution >= 4 is 17.5 Å². The number of amides is 1. The topological polar surface area (TPSA) is 37.3 Å². The summed E-state index contributed by atoms with van der Waals surface area (Å²) in [4.78, 5) is 11.0. The molecule has 1 unspecified atom stereocenters. The number of rotatable bonds is 2. The molecule has 1 N–H and O–H groups in total. The summed E-state index contributed by atoms with van der Waals surface area (Å²) in [7, 11) is 5.08. The summed E-state index contributed by atoms with van der Waals surface area (Å²) >= 11 is 5.27. The molecule has 0 rings (SSSR count). The number of carbonyl (C=O) groups excluding carboxylic acids is 1. The van der Waals surface area contributed by atoms with Gasteiger partial charge in [0.15, 0.2) is 6.10 Å². The van der Waals surface area contributed by atoms with Crippen LogP contribution in [-0.4, -0.2) is 48.6 Å². The highest BCUT2D eigenvalue weighted by molar-refractivity contribution is 6.19. The van der Waals surface area contributed by atoms with Gasteiger partial charge in [-0.2, -0.15) is 0 Å². The summed E-state index contributed by atoms with van der Waals surface area (Å²) in [6, 6.07) is 0. The summed E-state index contributed by atoms with van der Waals surface area (Å²) < 4.78 is 0.105. The molecule has 0 saturated carbocycles. The Kier molecular flexibility index (Phi) is 6.16. The SMILES string of the molecule is C[N+](C)(C)C(=O)C(O)CCl.[Cl-]. The van der Waals surface area contributed by atoms with Crippen LogP contribution in [0, 0.1) is 0 Å². The van der Waals surface area contributed by atoms with Gasteiger partial charge in [-0.1, -0.05) is 0 Å². The van der Waals surface area contributed by atoms with Crippen LogP contribution >= 0.6 is 11.6 Å². The highest BCUT2D eigenvalue weighted by Crippen LogP contribution is 1.99. The molecule has 68 valence electrons. The van der Waals surface area contributed by atoms with Crippen molar-refractivity contribution in [1.82, 2.24) is 0 Å². The van der Waals surface area contributed by atoms with Crippen LogP contribution in [-0.2, 0) is 4.79 Å². The molecule has 5 heteroatoms. The number of nitrogens with zero attached hydrogens (tertiary/aromatic N) is 1. The van der Waals surface area contributed by atoms with Gasteiger partial charge in [0.2, 0.25) is 0 Å². The van der Waals surface area contributed by atoms with E-state index < -0.39 is 6.10 Å². The van der Waals surface area contributed by atoms with E-state index in [1.807, 2.05) is 0 Å². The standard InChI is InChI=1S/C6H13ClNO2.ClH/c1-8(2,3)6(10)5(9)4-7;/h5,9H,4H2,1-3H3;1H/q+1;/p-1. The van der Waals surface area contributed by atoms with Gasteiger partial charge in [-0.3, -0.25) is 4.48 Å². The largest absolute Gasteiger partial charge is 1.00 e. The number of hydrogen-bond acceptors (Lipinski definition) is 2. The zero-order chi connectivity index (χ0) is 8.36. The van der Waals surface area contributed by atoms with Crippen molar-refractivity contribution in [3.8, 4) is 0 Å². The first-order valence-corrected chi connectivity index (χ1v) is 3.53. The van der Waals surface area contributed by atoms with Crippen molar-refractivity contribution in [3.05, 3.63) is 0 Å². The van der Waals surface area contributed by atoms with Crippen molar-refractivity contribution in [1.29, 1.82) is 0 Å². The number of halogens is 2. The van der Waals surface area contributed by atoms with E-state index in [9.17, 15) is 4.79 Å². The number of alkyl halides is 1. The lowest BCUT2D eigenvalue weighted by atomic mass is 10.3. The second-order valence-corrected chi connectivity index (χ2v) is 3.33. The third-order valence-corrected chi connectivity index (χ3v) is 1.38. The number of carbonyl (C=O) groups is 1. The second-order valence-electron chi connectivity index (χ2n) is 3.02. The first-order valence-electron chi connectivity index (χ1n) is 2.99. The predicted octanol–water partition coefficient (Wildman–Crippen LogP) is -3.18. The monoisotopic (exact) mass is 201 g/mol. The average Bonchev–Trinajstić information content (AvgIpc) is 1.83. The quantitative estimate of drug-likeness (QED) is 0.378. The zero-order valence-corrected chi connectivity index (χ0v) is 8.35. The van der Waals surface area contributed by atoms with Crippen LogP contribution in [0.4, 0.5) is 0 Å². The number of likely N-dealkylation sites (N-methyl/N-ethyl adjacent to an activating group) is 1. The molecule has 0 aromatic rings. The molecule has 0 aliphatic carbocycles. The van der Waals surface area contributed by atoms with Gasteiger partial charge in [-0.25, -0.2) is 4.79 Å². The summed E-state index contributed by atoms with van der Waals surface area (Å²) in [6.07, 6.45) is -1.04. The number of aliphatic hydroxyl groups is 1. The van der Waals surface area contributed by atoms with Crippen LogP contribution in [0.1, 0.15) is 0 Å². The molecule has 0 spiro atoms. The van der Waals surface area contributed by atoms with Crippen LogP contribution in [0.2, 0.25) is 0 Å². The van der Waals surface area contributed by atoms with E-state index in [0.29, 0.717) is 0 Å². The first kappa shape index (κ1) is 13.7. The van der Waals surface area contributed by atoms with Crippen LogP contribution in [0.15, 0.2) is 0 Å². The van der Waals surface area contributed by atoms with Gasteiger partial charge < -0.3 is 17.5 Å². The van der Waals surface area contributed by atoms with Crippen LogP contribution in [0.5, 0.6) is 0 Å². The van der Waals surface area contributed by atoms with E-state index in [-0.39, 0.29) is 28.7 Å². The molecule has 0 aliphatic heterocycles. The van der Waals surface area contributed by atoms with E-state index in [0.717, 1.165) is 0 Å². The van der Waals surface area contributed by atoms with Crippen molar-refractivity contribution in [2.24, 2.45) is 0 Å². The average molecular weight is 202 g/mol. The van der Waals surface area contributed by atoms with Crippen LogP contribution in [0.3, 0.4) is 0 Å². The Labute approximate surface area is 77.9 Å². The molecule has 11 heavy (non-hydrogen) atoms. The first-order chi connectivity index (χ1) is 4.39. The highest BCUT2D eigenvalue weighted by atomic mass is 35.5. The smallest absolute Gasteiger partial charge is 0.342 e. The Balaban J connectivity index is 0. The van der Waals surface area contributed by atoms with Crippen LogP contribution in [0.25, 0.3) is 0 Å². The Morgan fingerprint density at radius 2 is 1.91 bits per heavy atom.